The topological polar surface area (TPSA) is 77.2 Å². The van der Waals surface area contributed by atoms with Crippen molar-refractivity contribution in [2.24, 2.45) is 11.1 Å². The molecule has 0 spiro atoms. The number of carbonyl (C=O) groups is 1. The van der Waals surface area contributed by atoms with E-state index in [4.69, 9.17) is 10.5 Å². The van der Waals surface area contributed by atoms with Gasteiger partial charge in [0.05, 0.1) is 5.56 Å². The average molecular weight is 404 g/mol. The molecule has 1 heterocycles. The number of hydrogen-bond donors (Lipinski definition) is 2. The van der Waals surface area contributed by atoms with Gasteiger partial charge >= 0.3 is 0 Å². The van der Waals surface area contributed by atoms with Gasteiger partial charge in [0.2, 0.25) is 11.8 Å². The zero-order chi connectivity index (χ0) is 21.1. The third-order valence-corrected chi connectivity index (χ3v) is 6.13. The van der Waals surface area contributed by atoms with Crippen molar-refractivity contribution in [3.63, 3.8) is 0 Å². The van der Waals surface area contributed by atoms with Crippen molar-refractivity contribution in [3.8, 4) is 11.6 Å². The van der Waals surface area contributed by atoms with Gasteiger partial charge in [0.15, 0.2) is 0 Å². The molecule has 156 valence electrons. The second kappa shape index (κ2) is 8.44. The minimum atomic E-state index is -0.502. The number of amides is 1. The summed E-state index contributed by atoms with van der Waals surface area (Å²) in [6.45, 7) is 5.58. The fourth-order valence-electron chi connectivity index (χ4n) is 4.15. The second-order valence-corrected chi connectivity index (χ2v) is 8.94. The van der Waals surface area contributed by atoms with Crippen molar-refractivity contribution in [2.45, 2.75) is 52.1 Å². The van der Waals surface area contributed by atoms with Gasteiger partial charge in [0.25, 0.3) is 0 Å². The van der Waals surface area contributed by atoms with Crippen LogP contribution >= 0.6 is 0 Å². The molecule has 1 fully saturated rings. The highest BCUT2D eigenvalue weighted by Crippen LogP contribution is 2.35. The molecule has 1 aliphatic carbocycles. The van der Waals surface area contributed by atoms with Crippen molar-refractivity contribution in [2.75, 3.05) is 0 Å². The molecule has 4 rings (SSSR count). The number of ether oxygens (including phenoxy) is 1. The number of primary amides is 1. The SMILES string of the molecule is CC1(C)CCC(NCc2cccc3c(Oc4ccc(C(N)=O)cn4)cccc23)CC1. The number of hydrogen-bond acceptors (Lipinski definition) is 4. The Hall–Kier alpha value is -2.92. The number of fused-ring (bicyclic) bond motifs is 1. The third kappa shape index (κ3) is 4.62. The number of nitrogens with one attached hydrogen (secondary N) is 1. The molecule has 1 saturated carbocycles. The van der Waals surface area contributed by atoms with Crippen LogP contribution in [0, 0.1) is 5.41 Å². The minimum absolute atomic E-state index is 0.361. The minimum Gasteiger partial charge on any atom is -0.438 e. The molecule has 0 aliphatic heterocycles. The monoisotopic (exact) mass is 403 g/mol. The Labute approximate surface area is 177 Å². The molecule has 0 radical (unpaired) electrons. The van der Waals surface area contributed by atoms with E-state index in [9.17, 15) is 4.79 Å². The van der Waals surface area contributed by atoms with Gasteiger partial charge in [-0.15, -0.1) is 0 Å². The number of nitrogens with zero attached hydrogens (tertiary/aromatic N) is 1. The fourth-order valence-corrected chi connectivity index (χ4v) is 4.15. The van der Waals surface area contributed by atoms with Crippen LogP contribution in [0.5, 0.6) is 11.6 Å². The van der Waals surface area contributed by atoms with Gasteiger partial charge in [-0.1, -0.05) is 44.2 Å². The summed E-state index contributed by atoms with van der Waals surface area (Å²) < 4.78 is 6.02. The fraction of sp³-hybridized carbons (Fsp3) is 0.360. The van der Waals surface area contributed by atoms with Crippen LogP contribution in [0.25, 0.3) is 10.8 Å². The Balaban J connectivity index is 1.50. The zero-order valence-electron chi connectivity index (χ0n) is 17.7. The molecule has 30 heavy (non-hydrogen) atoms. The number of rotatable bonds is 6. The molecule has 0 atom stereocenters. The van der Waals surface area contributed by atoms with E-state index in [1.165, 1.54) is 42.8 Å². The molecule has 5 nitrogen and oxygen atoms in total. The first-order valence-electron chi connectivity index (χ1n) is 10.6. The summed E-state index contributed by atoms with van der Waals surface area (Å²) in [5.41, 5.74) is 7.38. The summed E-state index contributed by atoms with van der Waals surface area (Å²) in [6.07, 6.45) is 6.46. The summed E-state index contributed by atoms with van der Waals surface area (Å²) in [7, 11) is 0. The summed E-state index contributed by atoms with van der Waals surface area (Å²) in [4.78, 5) is 15.4. The Kier molecular flexibility index (Phi) is 5.73. The molecule has 0 saturated heterocycles. The summed E-state index contributed by atoms with van der Waals surface area (Å²) in [5.74, 6) is 0.673. The summed E-state index contributed by atoms with van der Waals surface area (Å²) >= 11 is 0. The van der Waals surface area contributed by atoms with E-state index < -0.39 is 5.91 Å². The molecule has 3 N–H and O–H groups in total. The first-order chi connectivity index (χ1) is 14.4. The van der Waals surface area contributed by atoms with Gasteiger partial charge in [-0.3, -0.25) is 4.79 Å². The highest BCUT2D eigenvalue weighted by Gasteiger charge is 2.26. The first-order valence-corrected chi connectivity index (χ1v) is 10.6. The first kappa shape index (κ1) is 20.4. The van der Waals surface area contributed by atoms with E-state index >= 15 is 0 Å². The van der Waals surface area contributed by atoms with Crippen LogP contribution in [0.1, 0.15) is 55.5 Å². The van der Waals surface area contributed by atoms with Gasteiger partial charge < -0.3 is 15.8 Å². The number of nitrogens with two attached hydrogens (primary N) is 1. The molecule has 1 amide bonds. The number of benzene rings is 2. The van der Waals surface area contributed by atoms with Crippen molar-refractivity contribution in [1.29, 1.82) is 0 Å². The predicted molar refractivity (Wildman–Crippen MR) is 120 cm³/mol. The van der Waals surface area contributed by atoms with Gasteiger partial charge in [-0.25, -0.2) is 4.98 Å². The maximum atomic E-state index is 11.2. The van der Waals surface area contributed by atoms with Crippen LogP contribution in [-0.4, -0.2) is 16.9 Å². The second-order valence-electron chi connectivity index (χ2n) is 8.94. The standard InChI is InChI=1S/C25H29N3O2/c1-25(2)13-11-19(12-14-25)27-15-17-5-3-7-21-20(17)6-4-8-22(21)30-23-10-9-18(16-28-23)24(26)29/h3-10,16,19,27H,11-15H2,1-2H3,(H2,26,29). The zero-order valence-corrected chi connectivity index (χ0v) is 17.7. The van der Waals surface area contributed by atoms with E-state index in [2.05, 4.69) is 48.4 Å². The number of carbonyl (C=O) groups excluding carboxylic acids is 1. The largest absolute Gasteiger partial charge is 0.438 e. The van der Waals surface area contributed by atoms with Gasteiger partial charge in [-0.05, 0) is 54.2 Å². The van der Waals surface area contributed by atoms with E-state index in [0.717, 1.165) is 17.7 Å². The summed E-state index contributed by atoms with van der Waals surface area (Å²) in [5, 5.41) is 5.97. The molecule has 2 aromatic carbocycles. The average Bonchev–Trinajstić information content (AvgIpc) is 2.74. The lowest BCUT2D eigenvalue weighted by Crippen LogP contribution is -2.35. The van der Waals surface area contributed by atoms with Gasteiger partial charge in [-0.2, -0.15) is 0 Å². The van der Waals surface area contributed by atoms with Crippen molar-refractivity contribution < 1.29 is 9.53 Å². The highest BCUT2D eigenvalue weighted by molar-refractivity contribution is 5.92. The van der Waals surface area contributed by atoms with Crippen LogP contribution in [0.15, 0.2) is 54.7 Å². The molecule has 3 aromatic rings. The third-order valence-electron chi connectivity index (χ3n) is 6.13. The predicted octanol–water partition coefficient (Wildman–Crippen LogP) is 5.18. The van der Waals surface area contributed by atoms with E-state index in [1.54, 1.807) is 12.1 Å². The molecule has 1 aromatic heterocycles. The Morgan fingerprint density at radius 1 is 1.10 bits per heavy atom. The normalized spacial score (nSPS) is 16.5. The maximum absolute atomic E-state index is 11.2. The Bertz CT molecular complexity index is 1030. The Morgan fingerprint density at radius 2 is 1.83 bits per heavy atom. The van der Waals surface area contributed by atoms with Crippen molar-refractivity contribution in [1.82, 2.24) is 10.3 Å². The van der Waals surface area contributed by atoms with Crippen LogP contribution in [0.2, 0.25) is 0 Å². The lowest BCUT2D eigenvalue weighted by molar-refractivity contribution is 0.1000. The van der Waals surface area contributed by atoms with Crippen molar-refractivity contribution >= 4 is 16.7 Å². The lowest BCUT2D eigenvalue weighted by atomic mass is 9.75. The molecular weight excluding hydrogens is 374 g/mol. The van der Waals surface area contributed by atoms with Crippen LogP contribution in [0.4, 0.5) is 0 Å². The smallest absolute Gasteiger partial charge is 0.250 e. The van der Waals surface area contributed by atoms with Crippen LogP contribution in [-0.2, 0) is 6.54 Å². The lowest BCUT2D eigenvalue weighted by Gasteiger charge is -2.34. The van der Waals surface area contributed by atoms with Gasteiger partial charge in [0.1, 0.15) is 5.75 Å². The maximum Gasteiger partial charge on any atom is 0.250 e. The highest BCUT2D eigenvalue weighted by atomic mass is 16.5. The molecule has 0 unspecified atom stereocenters. The van der Waals surface area contributed by atoms with Gasteiger partial charge in [0, 0.05) is 30.2 Å². The van der Waals surface area contributed by atoms with Crippen molar-refractivity contribution in [3.05, 3.63) is 65.9 Å². The molecule has 1 aliphatic rings. The van der Waals surface area contributed by atoms with E-state index in [1.807, 2.05) is 12.1 Å². The number of pyridine rings is 1. The summed E-state index contributed by atoms with van der Waals surface area (Å²) in [6, 6.07) is 16.2. The Morgan fingerprint density at radius 3 is 2.53 bits per heavy atom. The molecular formula is C25H29N3O2. The quantitative estimate of drug-likeness (QED) is 0.594. The van der Waals surface area contributed by atoms with Crippen LogP contribution < -0.4 is 15.8 Å². The number of aromatic nitrogens is 1. The van der Waals surface area contributed by atoms with E-state index in [0.29, 0.717) is 22.9 Å². The van der Waals surface area contributed by atoms with E-state index in [-0.39, 0.29) is 0 Å². The molecule has 0 bridgehead atoms. The molecule has 5 heteroatoms. The van der Waals surface area contributed by atoms with Crippen LogP contribution in [0.3, 0.4) is 0 Å².